The second kappa shape index (κ2) is 5.84. The van der Waals surface area contributed by atoms with Gasteiger partial charge >= 0.3 is 6.03 Å². The first-order valence-electron chi connectivity index (χ1n) is 8.34. The SMILES string of the molecule is Cc1[nH]c2ccccc2c1/C=N/N1C(=O)N[C@@](C)(c2ccccc2)C1=O. The molecule has 3 amide bonds. The maximum absolute atomic E-state index is 12.9. The predicted octanol–water partition coefficient (Wildman–Crippen LogP) is 3.28. The van der Waals surface area contributed by atoms with Gasteiger partial charge in [0.05, 0.1) is 6.21 Å². The molecule has 0 saturated carbocycles. The third-order valence-electron chi connectivity index (χ3n) is 4.77. The number of aryl methyl sites for hydroxylation is 1. The van der Waals surface area contributed by atoms with Crippen molar-refractivity contribution in [2.45, 2.75) is 19.4 Å². The summed E-state index contributed by atoms with van der Waals surface area (Å²) in [5, 5.41) is 8.82. The molecule has 6 heteroatoms. The number of nitrogens with zero attached hydrogens (tertiary/aromatic N) is 2. The first kappa shape index (κ1) is 16.1. The number of hydrazone groups is 1. The molecule has 3 aromatic rings. The monoisotopic (exact) mass is 346 g/mol. The van der Waals surface area contributed by atoms with E-state index < -0.39 is 17.5 Å². The summed E-state index contributed by atoms with van der Waals surface area (Å²) >= 11 is 0. The number of amides is 3. The highest BCUT2D eigenvalue weighted by atomic mass is 16.2. The molecular formula is C20H18N4O2. The Hall–Kier alpha value is -3.41. The molecule has 2 aromatic carbocycles. The van der Waals surface area contributed by atoms with Crippen LogP contribution in [0.4, 0.5) is 4.79 Å². The van der Waals surface area contributed by atoms with Gasteiger partial charge in [-0.1, -0.05) is 48.5 Å². The lowest BCUT2D eigenvalue weighted by molar-refractivity contribution is -0.131. The summed E-state index contributed by atoms with van der Waals surface area (Å²) in [6.07, 6.45) is 1.56. The average molecular weight is 346 g/mol. The molecule has 130 valence electrons. The van der Waals surface area contributed by atoms with Gasteiger partial charge in [0.2, 0.25) is 0 Å². The van der Waals surface area contributed by atoms with Crippen LogP contribution in [0.1, 0.15) is 23.7 Å². The van der Waals surface area contributed by atoms with E-state index >= 15 is 0 Å². The largest absolute Gasteiger partial charge is 0.358 e. The topological polar surface area (TPSA) is 77.6 Å². The lowest BCUT2D eigenvalue weighted by atomic mass is 9.92. The zero-order valence-electron chi connectivity index (χ0n) is 14.5. The molecule has 0 spiro atoms. The summed E-state index contributed by atoms with van der Waals surface area (Å²) in [6.45, 7) is 3.62. The van der Waals surface area contributed by atoms with Gasteiger partial charge in [0.15, 0.2) is 0 Å². The molecule has 0 bridgehead atoms. The van der Waals surface area contributed by atoms with Gasteiger partial charge in [0, 0.05) is 22.2 Å². The van der Waals surface area contributed by atoms with Crippen molar-refractivity contribution in [2.24, 2.45) is 5.10 Å². The number of aromatic nitrogens is 1. The highest BCUT2D eigenvalue weighted by Gasteiger charge is 2.49. The van der Waals surface area contributed by atoms with Crippen LogP contribution in [0.5, 0.6) is 0 Å². The van der Waals surface area contributed by atoms with Crippen LogP contribution >= 0.6 is 0 Å². The highest BCUT2D eigenvalue weighted by Crippen LogP contribution is 2.29. The van der Waals surface area contributed by atoms with Gasteiger partial charge in [-0.25, -0.2) is 4.79 Å². The van der Waals surface area contributed by atoms with Crippen molar-refractivity contribution in [2.75, 3.05) is 0 Å². The van der Waals surface area contributed by atoms with E-state index in [-0.39, 0.29) is 0 Å². The van der Waals surface area contributed by atoms with Crippen molar-refractivity contribution in [3.05, 3.63) is 71.4 Å². The van der Waals surface area contributed by atoms with E-state index in [0.29, 0.717) is 0 Å². The van der Waals surface area contributed by atoms with Gasteiger partial charge in [0.25, 0.3) is 5.91 Å². The number of nitrogens with one attached hydrogen (secondary N) is 2. The van der Waals surface area contributed by atoms with Crippen molar-refractivity contribution in [1.82, 2.24) is 15.3 Å². The summed E-state index contributed by atoms with van der Waals surface area (Å²) in [5.74, 6) is -0.401. The number of carbonyl (C=O) groups excluding carboxylic acids is 2. The molecule has 2 N–H and O–H groups in total. The number of fused-ring (bicyclic) bond motifs is 1. The van der Waals surface area contributed by atoms with Crippen LogP contribution in [0.3, 0.4) is 0 Å². The Morgan fingerprint density at radius 2 is 1.73 bits per heavy atom. The Kier molecular flexibility index (Phi) is 3.61. The van der Waals surface area contributed by atoms with Crippen LogP contribution in [0.15, 0.2) is 59.7 Å². The fourth-order valence-corrected chi connectivity index (χ4v) is 3.28. The normalized spacial score (nSPS) is 20.3. The number of hydrogen-bond donors (Lipinski definition) is 2. The molecule has 1 aliphatic rings. The molecular weight excluding hydrogens is 328 g/mol. The van der Waals surface area contributed by atoms with Crippen molar-refractivity contribution in [3.8, 4) is 0 Å². The standard InChI is InChI=1S/C20H18N4O2/c1-13-16(15-10-6-7-11-17(15)22-13)12-21-24-18(25)20(2,23-19(24)26)14-8-4-3-5-9-14/h3-12,22H,1-2H3,(H,23,26)/b21-12+/t20-/m0/s1. The number of hydrogen-bond acceptors (Lipinski definition) is 3. The van der Waals surface area contributed by atoms with Crippen molar-refractivity contribution in [1.29, 1.82) is 0 Å². The number of imide groups is 1. The molecule has 1 saturated heterocycles. The van der Waals surface area contributed by atoms with Gasteiger partial charge in [-0.05, 0) is 25.5 Å². The number of para-hydroxylation sites is 1. The van der Waals surface area contributed by atoms with E-state index in [1.54, 1.807) is 13.1 Å². The Bertz CT molecular complexity index is 1040. The third-order valence-corrected chi connectivity index (χ3v) is 4.77. The lowest BCUT2D eigenvalue weighted by Crippen LogP contribution is -2.40. The Balaban J connectivity index is 1.68. The zero-order valence-corrected chi connectivity index (χ0v) is 14.5. The molecule has 4 rings (SSSR count). The second-order valence-electron chi connectivity index (χ2n) is 6.49. The van der Waals surface area contributed by atoms with Crippen molar-refractivity contribution < 1.29 is 9.59 Å². The minimum Gasteiger partial charge on any atom is -0.358 e. The second-order valence-corrected chi connectivity index (χ2v) is 6.49. The van der Waals surface area contributed by atoms with E-state index in [0.717, 1.165) is 32.7 Å². The quantitative estimate of drug-likeness (QED) is 0.564. The predicted molar refractivity (Wildman–Crippen MR) is 99.8 cm³/mol. The molecule has 1 atom stereocenters. The summed E-state index contributed by atoms with van der Waals surface area (Å²) in [7, 11) is 0. The van der Waals surface area contributed by atoms with E-state index in [2.05, 4.69) is 15.4 Å². The molecule has 1 aliphatic heterocycles. The minimum atomic E-state index is -1.12. The number of H-pyrrole nitrogens is 1. The molecule has 0 unspecified atom stereocenters. The fourth-order valence-electron chi connectivity index (χ4n) is 3.28. The molecule has 26 heavy (non-hydrogen) atoms. The summed E-state index contributed by atoms with van der Waals surface area (Å²) in [4.78, 5) is 28.5. The number of carbonyl (C=O) groups is 2. The average Bonchev–Trinajstić information content (AvgIpc) is 3.08. The molecule has 1 fully saturated rings. The van der Waals surface area contributed by atoms with Gasteiger partial charge in [-0.3, -0.25) is 4.79 Å². The van der Waals surface area contributed by atoms with E-state index in [1.807, 2.05) is 61.5 Å². The van der Waals surface area contributed by atoms with Gasteiger partial charge in [-0.15, -0.1) is 5.01 Å². The molecule has 1 aromatic heterocycles. The van der Waals surface area contributed by atoms with Crippen molar-refractivity contribution in [3.63, 3.8) is 0 Å². The Morgan fingerprint density at radius 3 is 2.50 bits per heavy atom. The van der Waals surface area contributed by atoms with E-state index in [4.69, 9.17) is 0 Å². The van der Waals surface area contributed by atoms with Crippen LogP contribution in [-0.4, -0.2) is 28.1 Å². The first-order valence-corrected chi connectivity index (χ1v) is 8.34. The van der Waals surface area contributed by atoms with Crippen molar-refractivity contribution >= 4 is 29.1 Å². The minimum absolute atomic E-state index is 0.401. The number of rotatable bonds is 3. The molecule has 6 nitrogen and oxygen atoms in total. The first-order chi connectivity index (χ1) is 12.5. The van der Waals surface area contributed by atoms with Gasteiger partial charge < -0.3 is 10.3 Å². The smallest absolute Gasteiger partial charge is 0.346 e. The number of urea groups is 1. The zero-order chi connectivity index (χ0) is 18.3. The number of aromatic amines is 1. The van der Waals surface area contributed by atoms with Gasteiger partial charge in [0.1, 0.15) is 5.54 Å². The van der Waals surface area contributed by atoms with Gasteiger partial charge in [-0.2, -0.15) is 5.10 Å². The maximum atomic E-state index is 12.9. The van der Waals surface area contributed by atoms with Crippen LogP contribution in [0.25, 0.3) is 10.9 Å². The van der Waals surface area contributed by atoms with Crippen LogP contribution in [-0.2, 0) is 10.3 Å². The van der Waals surface area contributed by atoms with E-state index in [9.17, 15) is 9.59 Å². The van der Waals surface area contributed by atoms with Crippen LogP contribution in [0.2, 0.25) is 0 Å². The summed E-state index contributed by atoms with van der Waals surface area (Å²) in [6, 6.07) is 16.5. The summed E-state index contributed by atoms with van der Waals surface area (Å²) in [5.41, 5.74) is 2.37. The number of benzene rings is 2. The Morgan fingerprint density at radius 1 is 1.04 bits per heavy atom. The highest BCUT2D eigenvalue weighted by molar-refractivity contribution is 6.08. The third kappa shape index (κ3) is 2.38. The lowest BCUT2D eigenvalue weighted by Gasteiger charge is -2.20. The van der Waals surface area contributed by atoms with Crippen LogP contribution in [0, 0.1) is 6.92 Å². The van der Waals surface area contributed by atoms with Crippen LogP contribution < -0.4 is 5.32 Å². The fraction of sp³-hybridized carbons (Fsp3) is 0.150. The Labute approximate surface area is 150 Å². The maximum Gasteiger partial charge on any atom is 0.346 e. The molecule has 0 aliphatic carbocycles. The molecule has 0 radical (unpaired) electrons. The van der Waals surface area contributed by atoms with E-state index in [1.165, 1.54) is 0 Å². The molecule has 2 heterocycles. The summed E-state index contributed by atoms with van der Waals surface area (Å²) < 4.78 is 0.